The third kappa shape index (κ3) is 4.89. The van der Waals surface area contributed by atoms with Gasteiger partial charge in [0.15, 0.2) is 5.96 Å². The normalized spacial score (nSPS) is 17.0. The lowest BCUT2D eigenvalue weighted by atomic mass is 9.99. The number of aliphatic imine (C=N–C) groups is 1. The quantitative estimate of drug-likeness (QED) is 0.463. The fourth-order valence-corrected chi connectivity index (χ4v) is 2.75. The number of hydrogen-bond donors (Lipinski definition) is 2. The molecule has 0 aromatic heterocycles. The second-order valence-electron chi connectivity index (χ2n) is 5.81. The van der Waals surface area contributed by atoms with Crippen molar-refractivity contribution in [3.63, 3.8) is 0 Å². The second-order valence-corrected chi connectivity index (χ2v) is 5.81. The standard InChI is InChI=1S/C15H14F6N4O2/c16-14(17,18)3-4-25-10(6-11(26)24-13(22)23)9-5-7(15(19,20)21)1-2-8(9)12(25)27/h1-2,5,10H,3-4,6H2,(H4,22,23,24,26). The Bertz CT molecular complexity index is 783. The maximum atomic E-state index is 12.9. The number of benzene rings is 1. The molecule has 1 aliphatic rings. The zero-order valence-electron chi connectivity index (χ0n) is 13.6. The average molecular weight is 396 g/mol. The van der Waals surface area contributed by atoms with Crippen molar-refractivity contribution in [1.29, 1.82) is 0 Å². The summed E-state index contributed by atoms with van der Waals surface area (Å²) in [5, 5.41) is 0. The smallest absolute Gasteiger partial charge is 0.370 e. The van der Waals surface area contributed by atoms with E-state index in [4.69, 9.17) is 11.5 Å². The van der Waals surface area contributed by atoms with Gasteiger partial charge in [-0.15, -0.1) is 0 Å². The van der Waals surface area contributed by atoms with Crippen molar-refractivity contribution in [1.82, 2.24) is 4.90 Å². The van der Waals surface area contributed by atoms with Crippen molar-refractivity contribution < 1.29 is 35.9 Å². The molecule has 0 saturated carbocycles. The molecule has 0 bridgehead atoms. The zero-order valence-corrected chi connectivity index (χ0v) is 13.6. The predicted molar refractivity (Wildman–Crippen MR) is 81.3 cm³/mol. The molecule has 0 saturated heterocycles. The summed E-state index contributed by atoms with van der Waals surface area (Å²) in [6.07, 6.45) is -11.4. The maximum absolute atomic E-state index is 12.9. The number of carbonyl (C=O) groups is 2. The Labute approximate surface area is 148 Å². The Balaban J connectivity index is 2.43. The predicted octanol–water partition coefficient (Wildman–Crippen LogP) is 2.34. The third-order valence-electron chi connectivity index (χ3n) is 3.86. The molecule has 1 aliphatic heterocycles. The van der Waals surface area contributed by atoms with Crippen LogP contribution in [0.15, 0.2) is 23.2 Å². The van der Waals surface area contributed by atoms with Gasteiger partial charge in [0.25, 0.3) is 11.8 Å². The SMILES string of the molecule is NC(N)=NC(=O)CC1c2cc(C(F)(F)F)ccc2C(=O)N1CCC(F)(F)F. The molecular weight excluding hydrogens is 382 g/mol. The van der Waals surface area contributed by atoms with Crippen LogP contribution < -0.4 is 11.5 Å². The molecule has 4 N–H and O–H groups in total. The summed E-state index contributed by atoms with van der Waals surface area (Å²) in [5.74, 6) is -2.49. The lowest BCUT2D eigenvalue weighted by molar-refractivity contribution is -0.138. The van der Waals surface area contributed by atoms with Gasteiger partial charge in [-0.3, -0.25) is 9.59 Å². The van der Waals surface area contributed by atoms with Crippen LogP contribution in [-0.4, -0.2) is 35.4 Å². The first kappa shape index (κ1) is 20.5. The molecule has 1 atom stereocenters. The summed E-state index contributed by atoms with van der Waals surface area (Å²) < 4.78 is 76.5. The largest absolute Gasteiger partial charge is 0.416 e. The first-order chi connectivity index (χ1) is 12.3. The Morgan fingerprint density at radius 3 is 2.30 bits per heavy atom. The highest BCUT2D eigenvalue weighted by Crippen LogP contribution is 2.40. The molecule has 12 heteroatoms. The van der Waals surface area contributed by atoms with Gasteiger partial charge in [0.05, 0.1) is 24.4 Å². The third-order valence-corrected chi connectivity index (χ3v) is 3.86. The molecule has 1 heterocycles. The second kappa shape index (κ2) is 7.08. The summed E-state index contributed by atoms with van der Waals surface area (Å²) in [6.45, 7) is -0.821. The van der Waals surface area contributed by atoms with E-state index in [2.05, 4.69) is 4.99 Å². The Hall–Kier alpha value is -2.79. The summed E-state index contributed by atoms with van der Waals surface area (Å²) >= 11 is 0. The molecule has 0 aliphatic carbocycles. The van der Waals surface area contributed by atoms with Gasteiger partial charge in [-0.1, -0.05) is 0 Å². The Kier molecular flexibility index (Phi) is 5.38. The molecule has 0 spiro atoms. The lowest BCUT2D eigenvalue weighted by Crippen LogP contribution is -2.33. The molecule has 6 nitrogen and oxygen atoms in total. The van der Waals surface area contributed by atoms with Crippen molar-refractivity contribution in [2.45, 2.75) is 31.2 Å². The van der Waals surface area contributed by atoms with Crippen LogP contribution in [0.2, 0.25) is 0 Å². The number of guanidine groups is 1. The number of nitrogens with zero attached hydrogens (tertiary/aromatic N) is 2. The maximum Gasteiger partial charge on any atom is 0.416 e. The molecule has 148 valence electrons. The summed E-state index contributed by atoms with van der Waals surface area (Å²) in [7, 11) is 0. The van der Waals surface area contributed by atoms with E-state index in [1.165, 1.54) is 0 Å². The summed E-state index contributed by atoms with van der Waals surface area (Å²) in [4.78, 5) is 28.1. The van der Waals surface area contributed by atoms with Gasteiger partial charge >= 0.3 is 12.4 Å². The molecule has 1 aromatic rings. The first-order valence-corrected chi connectivity index (χ1v) is 7.51. The fraction of sp³-hybridized carbons (Fsp3) is 0.400. The van der Waals surface area contributed by atoms with Crippen LogP contribution in [0.3, 0.4) is 0 Å². The van der Waals surface area contributed by atoms with Crippen LogP contribution in [-0.2, 0) is 11.0 Å². The van der Waals surface area contributed by atoms with Crippen LogP contribution in [0, 0.1) is 0 Å². The summed E-state index contributed by atoms with van der Waals surface area (Å²) in [5.41, 5.74) is 8.61. The van der Waals surface area contributed by atoms with E-state index in [1.54, 1.807) is 0 Å². The molecule has 0 radical (unpaired) electrons. The van der Waals surface area contributed by atoms with E-state index in [0.29, 0.717) is 17.0 Å². The number of rotatable bonds is 4. The van der Waals surface area contributed by atoms with E-state index in [9.17, 15) is 35.9 Å². The summed E-state index contributed by atoms with van der Waals surface area (Å²) in [6, 6.07) is 0.840. The van der Waals surface area contributed by atoms with E-state index < -0.39 is 61.1 Å². The lowest BCUT2D eigenvalue weighted by Gasteiger charge is -2.25. The van der Waals surface area contributed by atoms with Gasteiger partial charge in [0.2, 0.25) is 0 Å². The molecule has 1 unspecified atom stereocenters. The molecular formula is C15H14F6N4O2. The highest BCUT2D eigenvalue weighted by atomic mass is 19.4. The number of fused-ring (bicyclic) bond motifs is 1. The van der Waals surface area contributed by atoms with Gasteiger partial charge < -0.3 is 16.4 Å². The van der Waals surface area contributed by atoms with Crippen molar-refractivity contribution in [3.05, 3.63) is 34.9 Å². The van der Waals surface area contributed by atoms with Crippen molar-refractivity contribution in [2.75, 3.05) is 6.54 Å². The van der Waals surface area contributed by atoms with Crippen molar-refractivity contribution >= 4 is 17.8 Å². The highest BCUT2D eigenvalue weighted by molar-refractivity contribution is 6.00. The number of alkyl halides is 6. The van der Waals surface area contributed by atoms with Crippen LogP contribution in [0.1, 0.15) is 40.4 Å². The fourth-order valence-electron chi connectivity index (χ4n) is 2.75. The minimum absolute atomic E-state index is 0.198. The minimum Gasteiger partial charge on any atom is -0.370 e. The Morgan fingerprint density at radius 2 is 1.78 bits per heavy atom. The number of carbonyl (C=O) groups excluding carboxylic acids is 2. The number of hydrogen-bond acceptors (Lipinski definition) is 2. The van der Waals surface area contributed by atoms with Crippen LogP contribution >= 0.6 is 0 Å². The number of nitrogens with two attached hydrogens (primary N) is 2. The minimum atomic E-state index is -4.73. The van der Waals surface area contributed by atoms with E-state index in [-0.39, 0.29) is 11.1 Å². The van der Waals surface area contributed by atoms with Crippen molar-refractivity contribution in [3.8, 4) is 0 Å². The Morgan fingerprint density at radius 1 is 1.15 bits per heavy atom. The monoisotopic (exact) mass is 396 g/mol. The van der Waals surface area contributed by atoms with Gasteiger partial charge in [-0.05, 0) is 23.8 Å². The van der Waals surface area contributed by atoms with Gasteiger partial charge in [0.1, 0.15) is 0 Å². The molecule has 0 fully saturated rings. The van der Waals surface area contributed by atoms with Crippen LogP contribution in [0.4, 0.5) is 26.3 Å². The van der Waals surface area contributed by atoms with Gasteiger partial charge in [-0.2, -0.15) is 31.3 Å². The highest BCUT2D eigenvalue weighted by Gasteiger charge is 2.42. The van der Waals surface area contributed by atoms with Crippen LogP contribution in [0.5, 0.6) is 0 Å². The molecule has 27 heavy (non-hydrogen) atoms. The van der Waals surface area contributed by atoms with E-state index in [0.717, 1.165) is 6.07 Å². The topological polar surface area (TPSA) is 102 Å². The van der Waals surface area contributed by atoms with Gasteiger partial charge in [-0.25, -0.2) is 0 Å². The van der Waals surface area contributed by atoms with E-state index in [1.807, 2.05) is 0 Å². The zero-order chi connectivity index (χ0) is 20.6. The molecule has 1 aromatic carbocycles. The van der Waals surface area contributed by atoms with Crippen molar-refractivity contribution in [2.24, 2.45) is 16.5 Å². The number of amides is 2. The van der Waals surface area contributed by atoms with Crippen LogP contribution in [0.25, 0.3) is 0 Å². The average Bonchev–Trinajstić information content (AvgIpc) is 2.75. The van der Waals surface area contributed by atoms with E-state index >= 15 is 0 Å². The molecule has 2 rings (SSSR count). The van der Waals surface area contributed by atoms with Gasteiger partial charge in [0, 0.05) is 12.1 Å². The number of halogens is 6. The first-order valence-electron chi connectivity index (χ1n) is 7.51. The molecule has 2 amide bonds.